The second kappa shape index (κ2) is 4.63. The fourth-order valence-electron chi connectivity index (χ4n) is 2.19. The van der Waals surface area contributed by atoms with Gasteiger partial charge in [0.15, 0.2) is 0 Å². The number of pyridine rings is 1. The van der Waals surface area contributed by atoms with Crippen molar-refractivity contribution in [2.24, 2.45) is 0 Å². The highest BCUT2D eigenvalue weighted by atomic mass is 14.7. The number of aryl methyl sites for hydroxylation is 1. The van der Waals surface area contributed by atoms with Gasteiger partial charge in [0.2, 0.25) is 0 Å². The molecule has 1 heterocycles. The molecule has 14 heavy (non-hydrogen) atoms. The molecule has 0 bridgehead atoms. The number of hydrogen-bond donors (Lipinski definition) is 0. The Kier molecular flexibility index (Phi) is 3.73. The highest BCUT2D eigenvalue weighted by Crippen LogP contribution is 2.26. The van der Waals surface area contributed by atoms with Crippen molar-refractivity contribution in [3.63, 3.8) is 0 Å². The number of fused-ring (bicyclic) bond motifs is 1. The van der Waals surface area contributed by atoms with Gasteiger partial charge in [0.05, 0.1) is 0 Å². The number of rotatable bonds is 1. The van der Waals surface area contributed by atoms with Gasteiger partial charge in [0, 0.05) is 20.3 Å². The summed E-state index contributed by atoms with van der Waals surface area (Å²) in [5, 5.41) is 0. The summed E-state index contributed by atoms with van der Waals surface area (Å²) in [7, 11) is 0. The molecule has 0 N–H and O–H groups in total. The molecule has 0 aliphatic heterocycles. The van der Waals surface area contributed by atoms with Crippen molar-refractivity contribution in [1.29, 1.82) is 0 Å². The molecule has 1 nitrogen and oxygen atoms in total. The summed E-state index contributed by atoms with van der Waals surface area (Å²) < 4.78 is 0. The predicted molar refractivity (Wildman–Crippen MR) is 60.7 cm³/mol. The zero-order valence-corrected chi connectivity index (χ0v) is 9.09. The molecule has 0 spiro atoms. The van der Waals surface area contributed by atoms with Crippen LogP contribution in [-0.4, -0.2) is 13.4 Å². The summed E-state index contributed by atoms with van der Waals surface area (Å²) >= 11 is 0. The predicted octanol–water partition coefficient (Wildman–Crippen LogP) is 2.70. The molecular weight excluding hydrogens is 169 g/mol. The molecule has 0 unspecified atom stereocenters. The third kappa shape index (κ3) is 2.00. The van der Waals surface area contributed by atoms with Gasteiger partial charge in [-0.1, -0.05) is 13.8 Å². The molecule has 1 aromatic rings. The zero-order valence-electron chi connectivity index (χ0n) is 9.09. The van der Waals surface area contributed by atoms with E-state index in [1.54, 1.807) is 11.1 Å². The maximum Gasteiger partial charge on any atom is 0.0463 e. The first-order chi connectivity index (χ1) is 6.29. The maximum atomic E-state index is 4.49. The molecule has 0 atom stereocenters. The van der Waals surface area contributed by atoms with Crippen LogP contribution >= 0.6 is 0 Å². The Hall–Kier alpha value is -0.785. The lowest BCUT2D eigenvalue weighted by atomic mass is 9.88. The van der Waals surface area contributed by atoms with Crippen LogP contribution in [0.1, 0.15) is 49.4 Å². The van der Waals surface area contributed by atoms with Crippen LogP contribution in [0.3, 0.4) is 0 Å². The third-order valence-electron chi connectivity index (χ3n) is 2.86. The van der Waals surface area contributed by atoms with Crippen LogP contribution in [0.4, 0.5) is 0 Å². The van der Waals surface area contributed by atoms with Gasteiger partial charge in [-0.05, 0) is 48.8 Å². The van der Waals surface area contributed by atoms with Gasteiger partial charge in [-0.25, -0.2) is 0 Å². The van der Waals surface area contributed by atoms with Gasteiger partial charge in [0.1, 0.15) is 0 Å². The minimum absolute atomic E-state index is 0. The number of aromatic nitrogens is 1. The Bertz CT molecular complexity index is 307. The van der Waals surface area contributed by atoms with E-state index in [9.17, 15) is 0 Å². The lowest BCUT2D eigenvalue weighted by Gasteiger charge is -2.19. The van der Waals surface area contributed by atoms with E-state index >= 15 is 0 Å². The van der Waals surface area contributed by atoms with Crippen LogP contribution in [0.25, 0.3) is 0 Å². The first-order valence-electron chi connectivity index (χ1n) is 5.25. The minimum atomic E-state index is 0. The van der Waals surface area contributed by atoms with Crippen molar-refractivity contribution < 1.29 is 0 Å². The number of nitrogens with zero attached hydrogens (tertiary/aromatic N) is 1. The molecule has 0 saturated heterocycles. The maximum absolute atomic E-state index is 4.49. The van der Waals surface area contributed by atoms with Crippen LogP contribution in [0.15, 0.2) is 12.3 Å². The van der Waals surface area contributed by atoms with Crippen LogP contribution in [0.5, 0.6) is 0 Å². The summed E-state index contributed by atoms with van der Waals surface area (Å²) in [6.07, 6.45) is 7.18. The SMILES string of the molecule is CC(C)c1nccc2c1CCCC2.[B]. The van der Waals surface area contributed by atoms with E-state index in [0.717, 1.165) is 0 Å². The fraction of sp³-hybridized carbons (Fsp3) is 0.583. The van der Waals surface area contributed by atoms with Crippen molar-refractivity contribution >= 4 is 8.41 Å². The Labute approximate surface area is 88.5 Å². The molecule has 0 aromatic carbocycles. The standard InChI is InChI=1S/C12H17N.B/c1-9(2)12-11-6-4-3-5-10(11)7-8-13-12;/h7-9H,3-6H2,1-2H3;. The molecule has 1 aliphatic carbocycles. The summed E-state index contributed by atoms with van der Waals surface area (Å²) in [6, 6.07) is 2.19. The minimum Gasteiger partial charge on any atom is -0.261 e. The third-order valence-corrected chi connectivity index (χ3v) is 2.86. The number of hydrogen-bond acceptors (Lipinski definition) is 1. The van der Waals surface area contributed by atoms with Crippen LogP contribution in [0.2, 0.25) is 0 Å². The molecular formula is C12H17BN. The second-order valence-corrected chi connectivity index (χ2v) is 4.20. The van der Waals surface area contributed by atoms with E-state index in [-0.39, 0.29) is 8.41 Å². The molecule has 0 fully saturated rings. The van der Waals surface area contributed by atoms with E-state index in [4.69, 9.17) is 0 Å². The van der Waals surface area contributed by atoms with Crippen molar-refractivity contribution in [3.8, 4) is 0 Å². The van der Waals surface area contributed by atoms with Gasteiger partial charge in [-0.3, -0.25) is 4.98 Å². The highest BCUT2D eigenvalue weighted by Gasteiger charge is 2.15. The van der Waals surface area contributed by atoms with Gasteiger partial charge >= 0.3 is 0 Å². The average molecular weight is 186 g/mol. The molecule has 2 rings (SSSR count). The van der Waals surface area contributed by atoms with Crippen LogP contribution in [-0.2, 0) is 12.8 Å². The van der Waals surface area contributed by atoms with Crippen LogP contribution in [0, 0.1) is 0 Å². The second-order valence-electron chi connectivity index (χ2n) is 4.20. The van der Waals surface area contributed by atoms with Crippen molar-refractivity contribution in [2.75, 3.05) is 0 Å². The monoisotopic (exact) mass is 186 g/mol. The Balaban J connectivity index is 0.000000980. The van der Waals surface area contributed by atoms with E-state index in [1.807, 2.05) is 6.20 Å². The molecule has 0 amide bonds. The fourth-order valence-corrected chi connectivity index (χ4v) is 2.19. The molecule has 1 aliphatic rings. The van der Waals surface area contributed by atoms with E-state index in [2.05, 4.69) is 24.9 Å². The van der Waals surface area contributed by atoms with Crippen molar-refractivity contribution in [1.82, 2.24) is 4.98 Å². The zero-order chi connectivity index (χ0) is 9.26. The normalized spacial score (nSPS) is 14.8. The topological polar surface area (TPSA) is 12.9 Å². The van der Waals surface area contributed by atoms with Crippen LogP contribution < -0.4 is 0 Å². The quantitative estimate of drug-likeness (QED) is 0.614. The Morgan fingerprint density at radius 1 is 1.21 bits per heavy atom. The molecule has 3 radical (unpaired) electrons. The molecule has 0 saturated carbocycles. The van der Waals surface area contributed by atoms with E-state index in [0.29, 0.717) is 5.92 Å². The molecule has 1 aromatic heterocycles. The summed E-state index contributed by atoms with van der Waals surface area (Å²) in [5.74, 6) is 0.577. The van der Waals surface area contributed by atoms with E-state index < -0.39 is 0 Å². The van der Waals surface area contributed by atoms with Gasteiger partial charge in [-0.2, -0.15) is 0 Å². The lowest BCUT2D eigenvalue weighted by Crippen LogP contribution is -2.09. The van der Waals surface area contributed by atoms with Gasteiger partial charge in [-0.15, -0.1) is 0 Å². The Morgan fingerprint density at radius 2 is 1.93 bits per heavy atom. The smallest absolute Gasteiger partial charge is 0.0463 e. The Morgan fingerprint density at radius 3 is 2.64 bits per heavy atom. The first kappa shape index (κ1) is 11.3. The van der Waals surface area contributed by atoms with Gasteiger partial charge < -0.3 is 0 Å². The average Bonchev–Trinajstić information content (AvgIpc) is 2.17. The lowest BCUT2D eigenvalue weighted by molar-refractivity contribution is 0.660. The summed E-state index contributed by atoms with van der Waals surface area (Å²) in [4.78, 5) is 4.49. The molecule has 2 heteroatoms. The largest absolute Gasteiger partial charge is 0.261 e. The van der Waals surface area contributed by atoms with Gasteiger partial charge in [0.25, 0.3) is 0 Å². The van der Waals surface area contributed by atoms with Crippen molar-refractivity contribution in [3.05, 3.63) is 29.1 Å². The molecule has 73 valence electrons. The highest BCUT2D eigenvalue weighted by molar-refractivity contribution is 5.75. The summed E-state index contributed by atoms with van der Waals surface area (Å²) in [6.45, 7) is 4.47. The summed E-state index contributed by atoms with van der Waals surface area (Å²) in [5.41, 5.74) is 4.42. The first-order valence-corrected chi connectivity index (χ1v) is 5.25. The van der Waals surface area contributed by atoms with Crippen molar-refractivity contribution in [2.45, 2.75) is 45.4 Å². The van der Waals surface area contributed by atoms with E-state index in [1.165, 1.54) is 31.4 Å².